The number of aromatic nitrogens is 1. The third-order valence-corrected chi connectivity index (χ3v) is 2.36. The topological polar surface area (TPSA) is 68.1 Å². The van der Waals surface area contributed by atoms with Gasteiger partial charge in [0.05, 0.1) is 17.2 Å². The first-order valence-corrected chi connectivity index (χ1v) is 5.25. The molecule has 0 atom stereocenters. The fourth-order valence-corrected chi connectivity index (χ4v) is 1.53. The van der Waals surface area contributed by atoms with Gasteiger partial charge in [0.1, 0.15) is 5.69 Å². The molecule has 6 heteroatoms. The summed E-state index contributed by atoms with van der Waals surface area (Å²) in [7, 11) is 0. The number of nitrogens with one attached hydrogen (secondary N) is 1. The predicted molar refractivity (Wildman–Crippen MR) is 64.6 cm³/mol. The van der Waals surface area contributed by atoms with Crippen molar-refractivity contribution in [3.05, 3.63) is 64.2 Å². The molecular formula is C12H10FN3O2. The summed E-state index contributed by atoms with van der Waals surface area (Å²) in [6, 6.07) is 9.30. The highest BCUT2D eigenvalue weighted by Gasteiger charge is 2.19. The molecule has 1 heterocycles. The van der Waals surface area contributed by atoms with Gasteiger partial charge in [0.15, 0.2) is 0 Å². The molecule has 0 unspecified atom stereocenters. The quantitative estimate of drug-likeness (QED) is 0.666. The van der Waals surface area contributed by atoms with Gasteiger partial charge in [-0.3, -0.25) is 15.1 Å². The standard InChI is InChI=1S/C12H10FN3O2/c13-10-5-3-6-11(12(10)16(17)18)15-8-9-4-1-2-7-14-9/h1-7,15H,8H2. The molecule has 0 saturated heterocycles. The Balaban J connectivity index is 2.20. The fourth-order valence-electron chi connectivity index (χ4n) is 1.53. The molecule has 92 valence electrons. The second-order valence-electron chi connectivity index (χ2n) is 3.57. The Morgan fingerprint density at radius 3 is 2.78 bits per heavy atom. The highest BCUT2D eigenvalue weighted by molar-refractivity contribution is 5.61. The van der Waals surface area contributed by atoms with Crippen LogP contribution in [-0.4, -0.2) is 9.91 Å². The SMILES string of the molecule is O=[N+]([O-])c1c(F)cccc1NCc1ccccn1. The number of nitro groups is 1. The van der Waals surface area contributed by atoms with Crippen LogP contribution in [0.25, 0.3) is 0 Å². The summed E-state index contributed by atoms with van der Waals surface area (Å²) < 4.78 is 13.3. The molecule has 0 fully saturated rings. The number of pyridine rings is 1. The van der Waals surface area contributed by atoms with Crippen LogP contribution in [0.5, 0.6) is 0 Å². The summed E-state index contributed by atoms with van der Waals surface area (Å²) in [5.74, 6) is -0.856. The van der Waals surface area contributed by atoms with Crippen LogP contribution in [0.1, 0.15) is 5.69 Å². The van der Waals surface area contributed by atoms with Gasteiger partial charge in [-0.1, -0.05) is 12.1 Å². The van der Waals surface area contributed by atoms with Crippen molar-refractivity contribution < 1.29 is 9.31 Å². The van der Waals surface area contributed by atoms with E-state index in [2.05, 4.69) is 10.3 Å². The lowest BCUT2D eigenvalue weighted by atomic mass is 10.2. The molecule has 0 spiro atoms. The Kier molecular flexibility index (Phi) is 3.47. The number of nitro benzene ring substituents is 1. The molecule has 0 aliphatic rings. The minimum Gasteiger partial charge on any atom is -0.374 e. The predicted octanol–water partition coefficient (Wildman–Crippen LogP) is 2.74. The van der Waals surface area contributed by atoms with Gasteiger partial charge in [-0.05, 0) is 24.3 Å². The fraction of sp³-hybridized carbons (Fsp3) is 0.0833. The number of anilines is 1. The van der Waals surface area contributed by atoms with Gasteiger partial charge < -0.3 is 5.32 Å². The lowest BCUT2D eigenvalue weighted by Gasteiger charge is -2.06. The molecule has 1 N–H and O–H groups in total. The highest BCUT2D eigenvalue weighted by atomic mass is 19.1. The minimum absolute atomic E-state index is 0.144. The number of nitrogens with zero attached hydrogens (tertiary/aromatic N) is 2. The summed E-state index contributed by atoms with van der Waals surface area (Å²) >= 11 is 0. The smallest absolute Gasteiger partial charge is 0.327 e. The van der Waals surface area contributed by atoms with Crippen LogP contribution in [0.15, 0.2) is 42.6 Å². The lowest BCUT2D eigenvalue weighted by molar-refractivity contribution is -0.386. The molecule has 0 bridgehead atoms. The van der Waals surface area contributed by atoms with Crippen molar-refractivity contribution in [2.75, 3.05) is 5.32 Å². The largest absolute Gasteiger partial charge is 0.374 e. The van der Waals surface area contributed by atoms with Crippen molar-refractivity contribution in [2.45, 2.75) is 6.54 Å². The maximum atomic E-state index is 13.3. The van der Waals surface area contributed by atoms with E-state index in [1.165, 1.54) is 12.1 Å². The first-order valence-electron chi connectivity index (χ1n) is 5.25. The molecule has 2 rings (SSSR count). The zero-order valence-electron chi connectivity index (χ0n) is 9.34. The van der Waals surface area contributed by atoms with Crippen molar-refractivity contribution in [3.8, 4) is 0 Å². The average molecular weight is 247 g/mol. The van der Waals surface area contributed by atoms with Crippen LogP contribution in [-0.2, 0) is 6.54 Å². The zero-order chi connectivity index (χ0) is 13.0. The Labute approximate surface area is 102 Å². The van der Waals surface area contributed by atoms with Crippen molar-refractivity contribution in [1.82, 2.24) is 4.98 Å². The number of para-hydroxylation sites is 1. The van der Waals surface area contributed by atoms with Gasteiger partial charge in [-0.25, -0.2) is 0 Å². The lowest BCUT2D eigenvalue weighted by Crippen LogP contribution is -2.05. The zero-order valence-corrected chi connectivity index (χ0v) is 9.34. The van der Waals surface area contributed by atoms with E-state index in [0.29, 0.717) is 6.54 Å². The van der Waals surface area contributed by atoms with E-state index < -0.39 is 16.4 Å². The maximum absolute atomic E-state index is 13.3. The summed E-state index contributed by atoms with van der Waals surface area (Å²) in [6.07, 6.45) is 1.62. The number of benzene rings is 1. The van der Waals surface area contributed by atoms with E-state index >= 15 is 0 Å². The Morgan fingerprint density at radius 2 is 2.11 bits per heavy atom. The van der Waals surface area contributed by atoms with Crippen LogP contribution >= 0.6 is 0 Å². The first kappa shape index (κ1) is 12.0. The van der Waals surface area contributed by atoms with E-state index in [-0.39, 0.29) is 5.69 Å². The van der Waals surface area contributed by atoms with Crippen molar-refractivity contribution in [1.29, 1.82) is 0 Å². The molecular weight excluding hydrogens is 237 g/mol. The maximum Gasteiger partial charge on any atom is 0.327 e. The molecule has 5 nitrogen and oxygen atoms in total. The molecule has 0 saturated carbocycles. The molecule has 18 heavy (non-hydrogen) atoms. The van der Waals surface area contributed by atoms with Gasteiger partial charge in [0, 0.05) is 6.20 Å². The van der Waals surface area contributed by atoms with Gasteiger partial charge in [0.25, 0.3) is 0 Å². The van der Waals surface area contributed by atoms with Gasteiger partial charge in [0.2, 0.25) is 5.82 Å². The minimum atomic E-state index is -0.856. The van der Waals surface area contributed by atoms with Crippen LogP contribution < -0.4 is 5.32 Å². The number of rotatable bonds is 4. The number of hydrogen-bond acceptors (Lipinski definition) is 4. The summed E-state index contributed by atoms with van der Waals surface area (Å²) in [5.41, 5.74) is 0.315. The van der Waals surface area contributed by atoms with E-state index in [4.69, 9.17) is 0 Å². The van der Waals surface area contributed by atoms with Crippen LogP contribution in [0.3, 0.4) is 0 Å². The Morgan fingerprint density at radius 1 is 1.28 bits per heavy atom. The third kappa shape index (κ3) is 2.60. The summed E-state index contributed by atoms with van der Waals surface area (Å²) in [5, 5.41) is 13.6. The Bertz CT molecular complexity index is 561. The molecule has 1 aromatic carbocycles. The van der Waals surface area contributed by atoms with Crippen molar-refractivity contribution in [2.24, 2.45) is 0 Å². The van der Waals surface area contributed by atoms with Gasteiger partial charge >= 0.3 is 5.69 Å². The second kappa shape index (κ2) is 5.22. The van der Waals surface area contributed by atoms with Crippen LogP contribution in [0.4, 0.5) is 15.8 Å². The van der Waals surface area contributed by atoms with E-state index in [1.807, 2.05) is 6.07 Å². The van der Waals surface area contributed by atoms with Crippen LogP contribution in [0, 0.1) is 15.9 Å². The van der Waals surface area contributed by atoms with E-state index in [9.17, 15) is 14.5 Å². The molecule has 0 radical (unpaired) electrons. The number of halogens is 1. The summed E-state index contributed by atoms with van der Waals surface area (Å²) in [6.45, 7) is 0.297. The van der Waals surface area contributed by atoms with Crippen LogP contribution in [0.2, 0.25) is 0 Å². The highest BCUT2D eigenvalue weighted by Crippen LogP contribution is 2.27. The summed E-state index contributed by atoms with van der Waals surface area (Å²) in [4.78, 5) is 14.1. The first-order chi connectivity index (χ1) is 8.68. The van der Waals surface area contributed by atoms with Gasteiger partial charge in [-0.2, -0.15) is 4.39 Å². The van der Waals surface area contributed by atoms with E-state index in [1.54, 1.807) is 18.3 Å². The Hall–Kier alpha value is -2.50. The van der Waals surface area contributed by atoms with Crippen molar-refractivity contribution in [3.63, 3.8) is 0 Å². The molecule has 2 aromatic rings. The molecule has 0 amide bonds. The second-order valence-corrected chi connectivity index (χ2v) is 3.57. The number of hydrogen-bond donors (Lipinski definition) is 1. The normalized spacial score (nSPS) is 10.1. The molecule has 1 aromatic heterocycles. The van der Waals surface area contributed by atoms with Gasteiger partial charge in [-0.15, -0.1) is 0 Å². The molecule has 0 aliphatic heterocycles. The monoisotopic (exact) mass is 247 g/mol. The average Bonchev–Trinajstić information content (AvgIpc) is 2.37. The van der Waals surface area contributed by atoms with Crippen molar-refractivity contribution >= 4 is 11.4 Å². The van der Waals surface area contributed by atoms with E-state index in [0.717, 1.165) is 11.8 Å². The molecule has 0 aliphatic carbocycles. The third-order valence-electron chi connectivity index (χ3n) is 2.36.